The van der Waals surface area contributed by atoms with Crippen LogP contribution in [0.15, 0.2) is 48.5 Å². The number of carbonyl (C=O) groups is 2. The molecule has 33 heavy (non-hydrogen) atoms. The first-order valence-electron chi connectivity index (χ1n) is 10.7. The summed E-state index contributed by atoms with van der Waals surface area (Å²) in [5, 5.41) is 3.35. The summed E-state index contributed by atoms with van der Waals surface area (Å²) in [5.74, 6) is -0.547. The number of rotatable bonds is 10. The summed E-state index contributed by atoms with van der Waals surface area (Å²) in [6.07, 6.45) is 1.06. The number of anilines is 1. The summed E-state index contributed by atoms with van der Waals surface area (Å²) in [5.41, 5.74) is 2.09. The minimum atomic E-state index is -3.74. The summed E-state index contributed by atoms with van der Waals surface area (Å²) in [6, 6.07) is 13.1. The van der Waals surface area contributed by atoms with Crippen molar-refractivity contribution in [2.24, 2.45) is 5.92 Å². The number of amides is 2. The number of hydrogen-bond donors (Lipinski definition) is 1. The van der Waals surface area contributed by atoms with Crippen LogP contribution in [0.4, 0.5) is 5.69 Å². The first-order valence-corrected chi connectivity index (χ1v) is 13.0. The summed E-state index contributed by atoms with van der Waals surface area (Å²) in [6.45, 7) is 7.64. The van der Waals surface area contributed by atoms with Crippen molar-refractivity contribution in [3.63, 3.8) is 0 Å². The largest absolute Gasteiger partial charge is 0.354 e. The maximum absolute atomic E-state index is 13.4. The molecular formula is C24H32ClN3O4S. The molecule has 2 aromatic rings. The van der Waals surface area contributed by atoms with E-state index in [1.165, 1.54) is 4.90 Å². The Hall–Kier alpha value is -2.58. The molecule has 0 bridgehead atoms. The molecule has 0 aliphatic heterocycles. The van der Waals surface area contributed by atoms with Crippen LogP contribution in [0.1, 0.15) is 31.9 Å². The Labute approximate surface area is 201 Å². The second-order valence-corrected chi connectivity index (χ2v) is 10.9. The highest BCUT2D eigenvalue weighted by atomic mass is 35.5. The lowest BCUT2D eigenvalue weighted by molar-refractivity contribution is -0.139. The smallest absolute Gasteiger partial charge is 0.244 e. The van der Waals surface area contributed by atoms with Gasteiger partial charge < -0.3 is 10.2 Å². The minimum absolute atomic E-state index is 0.112. The fourth-order valence-corrected chi connectivity index (χ4v) is 4.25. The Morgan fingerprint density at radius 3 is 2.24 bits per heavy atom. The van der Waals surface area contributed by atoms with E-state index < -0.39 is 28.5 Å². The van der Waals surface area contributed by atoms with E-state index in [-0.39, 0.29) is 18.4 Å². The third-order valence-electron chi connectivity index (χ3n) is 5.09. The fourth-order valence-electron chi connectivity index (χ4n) is 3.19. The van der Waals surface area contributed by atoms with Gasteiger partial charge in [-0.15, -0.1) is 0 Å². The molecule has 2 aromatic carbocycles. The van der Waals surface area contributed by atoms with Crippen molar-refractivity contribution in [3.05, 3.63) is 64.7 Å². The lowest BCUT2D eigenvalue weighted by Crippen LogP contribution is -2.51. The van der Waals surface area contributed by atoms with Gasteiger partial charge in [0, 0.05) is 18.1 Å². The van der Waals surface area contributed by atoms with Crippen molar-refractivity contribution in [2.75, 3.05) is 23.7 Å². The zero-order valence-corrected chi connectivity index (χ0v) is 21.3. The first kappa shape index (κ1) is 26.7. The molecule has 0 radical (unpaired) electrons. The molecule has 0 saturated carbocycles. The molecule has 0 saturated heterocycles. The summed E-state index contributed by atoms with van der Waals surface area (Å²) in [7, 11) is -3.74. The Morgan fingerprint density at radius 1 is 1.06 bits per heavy atom. The quantitative estimate of drug-likeness (QED) is 0.547. The molecule has 0 aliphatic carbocycles. The minimum Gasteiger partial charge on any atom is -0.354 e. The maximum Gasteiger partial charge on any atom is 0.244 e. The lowest BCUT2D eigenvalue weighted by atomic mass is 10.1. The fraction of sp³-hybridized carbons (Fsp3) is 0.417. The van der Waals surface area contributed by atoms with E-state index in [9.17, 15) is 18.0 Å². The molecule has 0 heterocycles. The van der Waals surface area contributed by atoms with Crippen LogP contribution < -0.4 is 9.62 Å². The molecule has 7 nitrogen and oxygen atoms in total. The van der Waals surface area contributed by atoms with Gasteiger partial charge in [-0.1, -0.05) is 55.3 Å². The second-order valence-electron chi connectivity index (χ2n) is 8.57. The standard InChI is InChI=1S/C24H32ClN3O4S/c1-17(2)14-26-24(30)19(4)27(15-20-7-6-8-21(25)13-20)23(29)16-28(33(5,31)32)22-11-9-18(3)10-12-22/h6-13,17,19H,14-16H2,1-5H3,(H,26,30). The number of sulfonamides is 1. The van der Waals surface area contributed by atoms with Crippen molar-refractivity contribution >= 4 is 39.1 Å². The zero-order chi connectivity index (χ0) is 24.8. The normalized spacial score (nSPS) is 12.3. The first-order chi connectivity index (χ1) is 15.4. The Bertz CT molecular complexity index is 1070. The number of nitrogens with zero attached hydrogens (tertiary/aromatic N) is 2. The summed E-state index contributed by atoms with van der Waals surface area (Å²) < 4.78 is 26.1. The molecular weight excluding hydrogens is 462 g/mol. The molecule has 2 rings (SSSR count). The molecule has 180 valence electrons. The van der Waals surface area contributed by atoms with E-state index in [1.54, 1.807) is 55.5 Å². The van der Waals surface area contributed by atoms with Crippen LogP contribution in [-0.4, -0.2) is 50.5 Å². The summed E-state index contributed by atoms with van der Waals surface area (Å²) in [4.78, 5) is 27.6. The van der Waals surface area contributed by atoms with Crippen molar-refractivity contribution in [3.8, 4) is 0 Å². The molecule has 0 fully saturated rings. The van der Waals surface area contributed by atoms with Gasteiger partial charge in [0.25, 0.3) is 0 Å². The molecule has 2 amide bonds. The highest BCUT2D eigenvalue weighted by Gasteiger charge is 2.30. The number of halogens is 1. The molecule has 1 N–H and O–H groups in total. The van der Waals surface area contributed by atoms with Crippen LogP contribution in [-0.2, 0) is 26.2 Å². The maximum atomic E-state index is 13.4. The van der Waals surface area contributed by atoms with Gasteiger partial charge in [0.2, 0.25) is 21.8 Å². The van der Waals surface area contributed by atoms with Crippen molar-refractivity contribution in [2.45, 2.75) is 40.3 Å². The Balaban J connectivity index is 2.35. The van der Waals surface area contributed by atoms with Crippen molar-refractivity contribution in [1.82, 2.24) is 10.2 Å². The zero-order valence-electron chi connectivity index (χ0n) is 19.7. The van der Waals surface area contributed by atoms with E-state index in [0.717, 1.165) is 21.7 Å². The van der Waals surface area contributed by atoms with Crippen LogP contribution >= 0.6 is 11.6 Å². The number of carbonyl (C=O) groups excluding carboxylic acids is 2. The van der Waals surface area contributed by atoms with E-state index in [2.05, 4.69) is 5.32 Å². The van der Waals surface area contributed by atoms with E-state index in [4.69, 9.17) is 11.6 Å². The number of nitrogens with one attached hydrogen (secondary N) is 1. The van der Waals surface area contributed by atoms with Crippen molar-refractivity contribution < 1.29 is 18.0 Å². The molecule has 9 heteroatoms. The van der Waals surface area contributed by atoms with Gasteiger partial charge in [-0.05, 0) is 49.6 Å². The average Bonchev–Trinajstić information content (AvgIpc) is 2.73. The number of hydrogen-bond acceptors (Lipinski definition) is 4. The molecule has 0 spiro atoms. The third kappa shape index (κ3) is 8.05. The molecule has 1 atom stereocenters. The molecule has 0 aromatic heterocycles. The van der Waals surface area contributed by atoms with Gasteiger partial charge in [0.1, 0.15) is 12.6 Å². The van der Waals surface area contributed by atoms with Crippen LogP contribution in [0.3, 0.4) is 0 Å². The van der Waals surface area contributed by atoms with E-state index in [1.807, 2.05) is 20.8 Å². The van der Waals surface area contributed by atoms with E-state index >= 15 is 0 Å². The van der Waals surface area contributed by atoms with Crippen LogP contribution in [0, 0.1) is 12.8 Å². The van der Waals surface area contributed by atoms with Gasteiger partial charge in [0.15, 0.2) is 0 Å². The van der Waals surface area contributed by atoms with Crippen LogP contribution in [0.2, 0.25) is 5.02 Å². The third-order valence-corrected chi connectivity index (χ3v) is 6.47. The van der Waals surface area contributed by atoms with Gasteiger partial charge in [-0.25, -0.2) is 8.42 Å². The predicted octanol–water partition coefficient (Wildman–Crippen LogP) is 3.60. The monoisotopic (exact) mass is 493 g/mol. The number of benzene rings is 2. The SMILES string of the molecule is Cc1ccc(N(CC(=O)N(Cc2cccc(Cl)c2)C(C)C(=O)NCC(C)C)S(C)(=O)=O)cc1. The topological polar surface area (TPSA) is 86.8 Å². The van der Waals surface area contributed by atoms with Gasteiger partial charge in [0.05, 0.1) is 11.9 Å². The van der Waals surface area contributed by atoms with Crippen LogP contribution in [0.5, 0.6) is 0 Å². The number of aryl methyl sites for hydroxylation is 1. The van der Waals surface area contributed by atoms with Gasteiger partial charge in [-0.3, -0.25) is 13.9 Å². The molecule has 1 unspecified atom stereocenters. The second kappa shape index (κ2) is 11.5. The molecule has 0 aliphatic rings. The summed E-state index contributed by atoms with van der Waals surface area (Å²) >= 11 is 6.10. The Kier molecular flexibility index (Phi) is 9.31. The van der Waals surface area contributed by atoms with Gasteiger partial charge >= 0.3 is 0 Å². The average molecular weight is 494 g/mol. The Morgan fingerprint density at radius 2 is 1.70 bits per heavy atom. The highest BCUT2D eigenvalue weighted by molar-refractivity contribution is 7.92. The van der Waals surface area contributed by atoms with Crippen molar-refractivity contribution in [1.29, 1.82) is 0 Å². The predicted molar refractivity (Wildman–Crippen MR) is 133 cm³/mol. The lowest BCUT2D eigenvalue weighted by Gasteiger charge is -2.31. The van der Waals surface area contributed by atoms with Crippen LogP contribution in [0.25, 0.3) is 0 Å². The highest BCUT2D eigenvalue weighted by Crippen LogP contribution is 2.20. The van der Waals surface area contributed by atoms with Gasteiger partial charge in [-0.2, -0.15) is 0 Å². The van der Waals surface area contributed by atoms with E-state index in [0.29, 0.717) is 17.3 Å².